The maximum atomic E-state index is 10.2. The Labute approximate surface area is 125 Å². The summed E-state index contributed by atoms with van der Waals surface area (Å²) in [5.41, 5.74) is 0.908. The molecular weight excluding hydrogens is 264 g/mol. The number of hydrogen-bond donors (Lipinski definition) is 1. The number of para-hydroxylation sites is 1. The van der Waals surface area contributed by atoms with Crippen molar-refractivity contribution < 1.29 is 14.6 Å². The van der Waals surface area contributed by atoms with E-state index in [0.717, 1.165) is 36.5 Å². The zero-order chi connectivity index (χ0) is 14.5. The summed E-state index contributed by atoms with van der Waals surface area (Å²) in [6, 6.07) is 17.3. The van der Waals surface area contributed by atoms with E-state index >= 15 is 0 Å². The number of aliphatic hydroxyl groups is 1. The molecule has 2 aromatic rings. The van der Waals surface area contributed by atoms with Gasteiger partial charge in [-0.15, -0.1) is 0 Å². The molecule has 3 heteroatoms. The van der Waals surface area contributed by atoms with Gasteiger partial charge in [0.05, 0.1) is 12.2 Å². The Morgan fingerprint density at radius 1 is 1.05 bits per heavy atom. The van der Waals surface area contributed by atoms with Gasteiger partial charge in [-0.25, -0.2) is 0 Å². The van der Waals surface area contributed by atoms with Crippen molar-refractivity contribution in [2.45, 2.75) is 31.5 Å². The van der Waals surface area contributed by atoms with Crippen LogP contribution in [0.15, 0.2) is 54.6 Å². The van der Waals surface area contributed by atoms with Crippen molar-refractivity contribution in [2.24, 2.45) is 0 Å². The van der Waals surface area contributed by atoms with Crippen LogP contribution in [-0.4, -0.2) is 17.8 Å². The van der Waals surface area contributed by atoms with Crippen molar-refractivity contribution in [3.05, 3.63) is 60.2 Å². The molecule has 2 atom stereocenters. The fourth-order valence-electron chi connectivity index (χ4n) is 2.60. The van der Waals surface area contributed by atoms with E-state index in [9.17, 15) is 5.11 Å². The standard InChI is InChI=1S/C18H20O3/c19-18(13-17-7-4-12-20-17)14-8-10-16(11-9-14)21-15-5-2-1-3-6-15/h1-3,5-6,8-11,17-19H,4,7,12-13H2. The Bertz CT molecular complexity index is 544. The van der Waals surface area contributed by atoms with E-state index in [1.165, 1.54) is 0 Å². The normalized spacial score (nSPS) is 19.4. The smallest absolute Gasteiger partial charge is 0.127 e. The van der Waals surface area contributed by atoms with E-state index in [4.69, 9.17) is 9.47 Å². The predicted octanol–water partition coefficient (Wildman–Crippen LogP) is 4.08. The second kappa shape index (κ2) is 6.74. The molecule has 3 rings (SSSR count). The molecule has 110 valence electrons. The molecule has 1 saturated heterocycles. The summed E-state index contributed by atoms with van der Waals surface area (Å²) < 4.78 is 11.3. The Morgan fingerprint density at radius 3 is 2.43 bits per heavy atom. The van der Waals surface area contributed by atoms with Gasteiger partial charge in [-0.1, -0.05) is 30.3 Å². The van der Waals surface area contributed by atoms with Gasteiger partial charge in [0.15, 0.2) is 0 Å². The molecule has 1 aliphatic rings. The van der Waals surface area contributed by atoms with Gasteiger partial charge in [0.1, 0.15) is 11.5 Å². The van der Waals surface area contributed by atoms with Crippen molar-refractivity contribution in [3.8, 4) is 11.5 Å². The number of rotatable bonds is 5. The molecule has 0 amide bonds. The molecule has 1 aliphatic heterocycles. The van der Waals surface area contributed by atoms with Gasteiger partial charge in [-0.2, -0.15) is 0 Å². The van der Waals surface area contributed by atoms with Crippen molar-refractivity contribution in [3.63, 3.8) is 0 Å². The minimum Gasteiger partial charge on any atom is -0.457 e. The Hall–Kier alpha value is -1.84. The third-order valence-electron chi connectivity index (χ3n) is 3.75. The van der Waals surface area contributed by atoms with Crippen molar-refractivity contribution in [2.75, 3.05) is 6.61 Å². The molecule has 2 aromatic carbocycles. The molecule has 0 bridgehead atoms. The molecule has 0 spiro atoms. The molecule has 0 aliphatic carbocycles. The Morgan fingerprint density at radius 2 is 1.76 bits per heavy atom. The number of ether oxygens (including phenoxy) is 2. The van der Waals surface area contributed by atoms with Crippen LogP contribution in [0, 0.1) is 0 Å². The molecular formula is C18H20O3. The van der Waals surface area contributed by atoms with E-state index in [1.807, 2.05) is 54.6 Å². The lowest BCUT2D eigenvalue weighted by Crippen LogP contribution is -2.11. The highest BCUT2D eigenvalue weighted by Gasteiger charge is 2.20. The van der Waals surface area contributed by atoms with E-state index in [2.05, 4.69) is 0 Å². The van der Waals surface area contributed by atoms with E-state index in [-0.39, 0.29) is 6.10 Å². The average molecular weight is 284 g/mol. The number of aliphatic hydroxyl groups excluding tert-OH is 1. The zero-order valence-electron chi connectivity index (χ0n) is 11.9. The van der Waals surface area contributed by atoms with Gasteiger partial charge in [-0.3, -0.25) is 0 Å². The first-order chi connectivity index (χ1) is 10.3. The van der Waals surface area contributed by atoms with Crippen LogP contribution in [0.25, 0.3) is 0 Å². The van der Waals surface area contributed by atoms with E-state index in [0.29, 0.717) is 6.42 Å². The van der Waals surface area contributed by atoms with Crippen LogP contribution in [-0.2, 0) is 4.74 Å². The van der Waals surface area contributed by atoms with Gasteiger partial charge >= 0.3 is 0 Å². The molecule has 2 unspecified atom stereocenters. The largest absolute Gasteiger partial charge is 0.457 e. The van der Waals surface area contributed by atoms with Crippen LogP contribution in [0.2, 0.25) is 0 Å². The highest BCUT2D eigenvalue weighted by Crippen LogP contribution is 2.27. The fourth-order valence-corrected chi connectivity index (χ4v) is 2.60. The third-order valence-corrected chi connectivity index (χ3v) is 3.75. The molecule has 1 N–H and O–H groups in total. The minimum atomic E-state index is -0.473. The van der Waals surface area contributed by atoms with Crippen LogP contribution in [0.1, 0.15) is 30.9 Å². The van der Waals surface area contributed by atoms with Gasteiger partial charge < -0.3 is 14.6 Å². The average Bonchev–Trinajstić information content (AvgIpc) is 3.02. The lowest BCUT2D eigenvalue weighted by Gasteiger charge is -2.16. The Balaban J connectivity index is 1.60. The maximum absolute atomic E-state index is 10.2. The minimum absolute atomic E-state index is 0.195. The van der Waals surface area contributed by atoms with Crippen LogP contribution in [0.5, 0.6) is 11.5 Å². The van der Waals surface area contributed by atoms with Crippen LogP contribution in [0.3, 0.4) is 0 Å². The fraction of sp³-hybridized carbons (Fsp3) is 0.333. The summed E-state index contributed by atoms with van der Waals surface area (Å²) in [5.74, 6) is 1.58. The second-order valence-electron chi connectivity index (χ2n) is 5.37. The molecule has 0 radical (unpaired) electrons. The highest BCUT2D eigenvalue weighted by molar-refractivity contribution is 5.33. The topological polar surface area (TPSA) is 38.7 Å². The monoisotopic (exact) mass is 284 g/mol. The highest BCUT2D eigenvalue weighted by atomic mass is 16.5. The lowest BCUT2D eigenvalue weighted by atomic mass is 10.0. The molecule has 3 nitrogen and oxygen atoms in total. The maximum Gasteiger partial charge on any atom is 0.127 e. The van der Waals surface area contributed by atoms with E-state index in [1.54, 1.807) is 0 Å². The van der Waals surface area contributed by atoms with Crippen molar-refractivity contribution in [1.82, 2.24) is 0 Å². The summed E-state index contributed by atoms with van der Waals surface area (Å²) >= 11 is 0. The summed E-state index contributed by atoms with van der Waals surface area (Å²) in [6.07, 6.45) is 2.53. The van der Waals surface area contributed by atoms with Gasteiger partial charge in [0.25, 0.3) is 0 Å². The zero-order valence-corrected chi connectivity index (χ0v) is 11.9. The van der Waals surface area contributed by atoms with Crippen molar-refractivity contribution in [1.29, 1.82) is 0 Å². The SMILES string of the molecule is OC(CC1CCCO1)c1ccc(Oc2ccccc2)cc1. The first kappa shape index (κ1) is 14.1. The predicted molar refractivity (Wildman–Crippen MR) is 81.5 cm³/mol. The van der Waals surface area contributed by atoms with Crippen molar-refractivity contribution >= 4 is 0 Å². The van der Waals surface area contributed by atoms with Crippen LogP contribution < -0.4 is 4.74 Å². The summed E-state index contributed by atoms with van der Waals surface area (Å²) in [6.45, 7) is 0.821. The van der Waals surface area contributed by atoms with Gasteiger partial charge in [-0.05, 0) is 42.7 Å². The third kappa shape index (κ3) is 3.84. The van der Waals surface area contributed by atoms with Crippen LogP contribution in [0.4, 0.5) is 0 Å². The van der Waals surface area contributed by atoms with E-state index < -0.39 is 6.10 Å². The second-order valence-corrected chi connectivity index (χ2v) is 5.37. The summed E-state index contributed by atoms with van der Waals surface area (Å²) in [5, 5.41) is 10.2. The number of hydrogen-bond acceptors (Lipinski definition) is 3. The lowest BCUT2D eigenvalue weighted by molar-refractivity contribution is 0.0535. The van der Waals surface area contributed by atoms with Gasteiger partial charge in [0, 0.05) is 13.0 Å². The number of benzene rings is 2. The van der Waals surface area contributed by atoms with Gasteiger partial charge in [0.2, 0.25) is 0 Å². The molecule has 0 aromatic heterocycles. The Kier molecular flexibility index (Phi) is 4.53. The molecule has 0 saturated carbocycles. The first-order valence-corrected chi connectivity index (χ1v) is 7.44. The summed E-state index contributed by atoms with van der Waals surface area (Å²) in [4.78, 5) is 0. The quantitative estimate of drug-likeness (QED) is 0.899. The first-order valence-electron chi connectivity index (χ1n) is 7.44. The molecule has 1 heterocycles. The molecule has 1 fully saturated rings. The molecule has 21 heavy (non-hydrogen) atoms. The summed E-state index contributed by atoms with van der Waals surface area (Å²) in [7, 11) is 0. The van der Waals surface area contributed by atoms with Crippen LogP contribution >= 0.6 is 0 Å².